The molecule has 21 heavy (non-hydrogen) atoms. The number of amides is 2. The maximum atomic E-state index is 11.8. The van der Waals surface area contributed by atoms with Gasteiger partial charge in [-0.1, -0.05) is 18.2 Å². The summed E-state index contributed by atoms with van der Waals surface area (Å²) in [6, 6.07) is 6.74. The van der Waals surface area contributed by atoms with E-state index in [2.05, 4.69) is 5.32 Å². The number of carboxylic acid groups (broad SMARTS) is 1. The highest BCUT2D eigenvalue weighted by Gasteiger charge is 2.17. The van der Waals surface area contributed by atoms with Crippen LogP contribution < -0.4 is 5.32 Å². The molecule has 0 aromatic heterocycles. The number of hydrogen-bond donors (Lipinski definition) is 3. The van der Waals surface area contributed by atoms with Gasteiger partial charge in [-0.3, -0.25) is 4.79 Å². The standard InChI is InChI=1S/C15H18N2O4/c18-13-3-1-11(2-4-13)12-6-9-17(10-7-12)15(21)16-8-5-14(19)20/h1-4,6,18H,5,7-10H2,(H,16,21)(H,19,20). The molecule has 0 atom stereocenters. The number of urea groups is 1. The molecule has 1 aliphatic rings. The van der Waals surface area contributed by atoms with E-state index in [1.54, 1.807) is 17.0 Å². The van der Waals surface area contributed by atoms with E-state index in [1.807, 2.05) is 18.2 Å². The highest BCUT2D eigenvalue weighted by atomic mass is 16.4. The first-order valence-corrected chi connectivity index (χ1v) is 6.79. The van der Waals surface area contributed by atoms with Gasteiger partial charge >= 0.3 is 12.0 Å². The number of carboxylic acids is 1. The lowest BCUT2D eigenvalue weighted by atomic mass is 9.99. The number of carbonyl (C=O) groups excluding carboxylic acids is 1. The summed E-state index contributed by atoms with van der Waals surface area (Å²) in [5.74, 6) is -0.696. The van der Waals surface area contributed by atoms with Crippen molar-refractivity contribution in [2.45, 2.75) is 12.8 Å². The Kier molecular flexibility index (Phi) is 4.81. The average Bonchev–Trinajstić information content (AvgIpc) is 2.48. The minimum Gasteiger partial charge on any atom is -0.508 e. The monoisotopic (exact) mass is 290 g/mol. The number of carbonyl (C=O) groups is 2. The average molecular weight is 290 g/mol. The molecule has 0 bridgehead atoms. The molecule has 1 aromatic carbocycles. The summed E-state index contributed by atoms with van der Waals surface area (Å²) >= 11 is 0. The summed E-state index contributed by atoms with van der Waals surface area (Å²) < 4.78 is 0. The zero-order valence-electron chi connectivity index (χ0n) is 11.6. The summed E-state index contributed by atoms with van der Waals surface area (Å²) in [5.41, 5.74) is 2.18. The summed E-state index contributed by atoms with van der Waals surface area (Å²) in [6.45, 7) is 1.22. The van der Waals surface area contributed by atoms with Gasteiger partial charge in [-0.25, -0.2) is 4.79 Å². The number of rotatable bonds is 4. The van der Waals surface area contributed by atoms with E-state index in [9.17, 15) is 14.7 Å². The number of phenols is 1. The van der Waals surface area contributed by atoms with Gasteiger partial charge in [0.1, 0.15) is 5.75 Å². The van der Waals surface area contributed by atoms with Crippen LogP contribution in [0.3, 0.4) is 0 Å². The van der Waals surface area contributed by atoms with E-state index in [4.69, 9.17) is 5.11 Å². The predicted octanol–water partition coefficient (Wildman–Crippen LogP) is 1.67. The Morgan fingerprint density at radius 1 is 1.24 bits per heavy atom. The lowest BCUT2D eigenvalue weighted by molar-refractivity contribution is -0.136. The Bertz CT molecular complexity index is 551. The van der Waals surface area contributed by atoms with Crippen LogP contribution in [0.2, 0.25) is 0 Å². The smallest absolute Gasteiger partial charge is 0.317 e. The van der Waals surface area contributed by atoms with Gasteiger partial charge in [-0.2, -0.15) is 0 Å². The molecule has 0 saturated carbocycles. The van der Waals surface area contributed by atoms with Crippen molar-refractivity contribution < 1.29 is 19.8 Å². The predicted molar refractivity (Wildman–Crippen MR) is 77.9 cm³/mol. The van der Waals surface area contributed by atoms with Gasteiger partial charge in [0.2, 0.25) is 0 Å². The fourth-order valence-corrected chi connectivity index (χ4v) is 2.18. The first-order valence-electron chi connectivity index (χ1n) is 6.79. The van der Waals surface area contributed by atoms with Crippen LogP contribution in [0, 0.1) is 0 Å². The second-order valence-corrected chi connectivity index (χ2v) is 4.85. The van der Waals surface area contributed by atoms with Crippen molar-refractivity contribution in [3.63, 3.8) is 0 Å². The molecule has 0 fully saturated rings. The van der Waals surface area contributed by atoms with Gasteiger partial charge in [-0.05, 0) is 29.7 Å². The van der Waals surface area contributed by atoms with Gasteiger partial charge < -0.3 is 20.4 Å². The zero-order chi connectivity index (χ0) is 15.2. The molecule has 6 heteroatoms. The van der Waals surface area contributed by atoms with E-state index in [1.165, 1.54) is 0 Å². The van der Waals surface area contributed by atoms with Gasteiger partial charge in [0.25, 0.3) is 0 Å². The number of aromatic hydroxyl groups is 1. The van der Waals surface area contributed by atoms with E-state index in [-0.39, 0.29) is 24.7 Å². The molecule has 2 amide bonds. The quantitative estimate of drug-likeness (QED) is 0.786. The minimum absolute atomic E-state index is 0.0752. The third-order valence-electron chi connectivity index (χ3n) is 3.35. The van der Waals surface area contributed by atoms with Crippen molar-refractivity contribution in [3.8, 4) is 5.75 Å². The highest BCUT2D eigenvalue weighted by Crippen LogP contribution is 2.23. The Hall–Kier alpha value is -2.50. The fourth-order valence-electron chi connectivity index (χ4n) is 2.18. The van der Waals surface area contributed by atoms with Gasteiger partial charge in [-0.15, -0.1) is 0 Å². The Balaban J connectivity index is 1.87. The summed E-state index contributed by atoms with van der Waals surface area (Å²) in [6.07, 6.45) is 2.64. The number of nitrogens with one attached hydrogen (secondary N) is 1. The number of nitrogens with zero attached hydrogens (tertiary/aromatic N) is 1. The van der Waals surface area contributed by atoms with Crippen molar-refractivity contribution in [1.82, 2.24) is 10.2 Å². The molecule has 0 radical (unpaired) electrons. The molecular weight excluding hydrogens is 272 g/mol. The first kappa shape index (κ1) is 14.9. The van der Waals surface area contributed by atoms with Crippen LogP contribution in [0.5, 0.6) is 5.75 Å². The van der Waals surface area contributed by atoms with Crippen LogP contribution in [-0.2, 0) is 4.79 Å². The molecule has 0 aliphatic carbocycles. The normalized spacial score (nSPS) is 14.5. The molecule has 3 N–H and O–H groups in total. The van der Waals surface area contributed by atoms with Crippen LogP contribution in [0.4, 0.5) is 4.79 Å². The van der Waals surface area contributed by atoms with Gasteiger partial charge in [0.15, 0.2) is 0 Å². The molecule has 0 unspecified atom stereocenters. The van der Waals surface area contributed by atoms with Crippen LogP contribution in [-0.4, -0.2) is 46.7 Å². The maximum Gasteiger partial charge on any atom is 0.317 e. The number of benzene rings is 1. The molecule has 1 aliphatic heterocycles. The van der Waals surface area contributed by atoms with E-state index >= 15 is 0 Å². The molecule has 6 nitrogen and oxygen atoms in total. The largest absolute Gasteiger partial charge is 0.508 e. The van der Waals surface area contributed by atoms with E-state index < -0.39 is 5.97 Å². The van der Waals surface area contributed by atoms with E-state index in [0.29, 0.717) is 13.1 Å². The lowest BCUT2D eigenvalue weighted by Gasteiger charge is -2.26. The van der Waals surface area contributed by atoms with Crippen molar-refractivity contribution in [3.05, 3.63) is 35.9 Å². The Labute approximate surface area is 122 Å². The van der Waals surface area contributed by atoms with Crippen LogP contribution in [0.15, 0.2) is 30.3 Å². The highest BCUT2D eigenvalue weighted by molar-refractivity contribution is 5.77. The first-order chi connectivity index (χ1) is 10.1. The van der Waals surface area contributed by atoms with Crippen molar-refractivity contribution in [1.29, 1.82) is 0 Å². The van der Waals surface area contributed by atoms with Crippen LogP contribution in [0.1, 0.15) is 18.4 Å². The second-order valence-electron chi connectivity index (χ2n) is 4.85. The Morgan fingerprint density at radius 3 is 2.52 bits per heavy atom. The van der Waals surface area contributed by atoms with Crippen LogP contribution >= 0.6 is 0 Å². The molecule has 1 aromatic rings. The van der Waals surface area contributed by atoms with Crippen LogP contribution in [0.25, 0.3) is 5.57 Å². The molecule has 1 heterocycles. The maximum absolute atomic E-state index is 11.8. The van der Waals surface area contributed by atoms with Gasteiger partial charge in [0, 0.05) is 19.6 Å². The van der Waals surface area contributed by atoms with Crippen molar-refractivity contribution in [2.24, 2.45) is 0 Å². The topological polar surface area (TPSA) is 89.9 Å². The molecule has 112 valence electrons. The SMILES string of the molecule is O=C(O)CCNC(=O)N1CC=C(c2ccc(O)cc2)CC1. The Morgan fingerprint density at radius 2 is 1.95 bits per heavy atom. The number of phenolic OH excluding ortho intramolecular Hbond substituents is 1. The zero-order valence-corrected chi connectivity index (χ0v) is 11.6. The molecular formula is C15H18N2O4. The molecule has 0 spiro atoms. The third kappa shape index (κ3) is 4.24. The molecule has 0 saturated heterocycles. The number of aliphatic carboxylic acids is 1. The van der Waals surface area contributed by atoms with Gasteiger partial charge in [0.05, 0.1) is 6.42 Å². The second kappa shape index (κ2) is 6.78. The van der Waals surface area contributed by atoms with Crippen molar-refractivity contribution in [2.75, 3.05) is 19.6 Å². The third-order valence-corrected chi connectivity index (χ3v) is 3.35. The summed E-state index contributed by atoms with van der Waals surface area (Å²) in [5, 5.41) is 20.4. The van der Waals surface area contributed by atoms with Crippen molar-refractivity contribution >= 4 is 17.6 Å². The summed E-state index contributed by atoms with van der Waals surface area (Å²) in [4.78, 5) is 23.9. The summed E-state index contributed by atoms with van der Waals surface area (Å²) in [7, 11) is 0. The molecule has 2 rings (SSSR count). The minimum atomic E-state index is -0.927. The fraction of sp³-hybridized carbons (Fsp3) is 0.333. The van der Waals surface area contributed by atoms with E-state index in [0.717, 1.165) is 17.6 Å². The lowest BCUT2D eigenvalue weighted by Crippen LogP contribution is -2.42. The number of hydrogen-bond acceptors (Lipinski definition) is 3.